The second-order valence-electron chi connectivity index (χ2n) is 7.42. The first-order valence-corrected chi connectivity index (χ1v) is 8.98. The highest BCUT2D eigenvalue weighted by Crippen LogP contribution is 2.66. The average molecular weight is 337 g/mol. The van der Waals surface area contributed by atoms with Crippen molar-refractivity contribution in [3.05, 3.63) is 16.0 Å². The molecule has 0 radical (unpaired) electrons. The van der Waals surface area contributed by atoms with Crippen LogP contribution in [-0.4, -0.2) is 33.0 Å². The molecule has 3 rings (SSSR count). The number of thioether (sulfide) groups is 1. The van der Waals surface area contributed by atoms with Crippen molar-refractivity contribution in [2.24, 2.45) is 16.7 Å². The monoisotopic (exact) mass is 337 g/mol. The molecule has 7 heteroatoms. The number of H-pyrrole nitrogens is 1. The highest BCUT2D eigenvalue weighted by molar-refractivity contribution is 7.99. The van der Waals surface area contributed by atoms with Gasteiger partial charge in [0.2, 0.25) is 0 Å². The van der Waals surface area contributed by atoms with Gasteiger partial charge in [0, 0.05) is 5.41 Å². The van der Waals surface area contributed by atoms with Gasteiger partial charge in [-0.1, -0.05) is 32.5 Å². The van der Waals surface area contributed by atoms with Crippen LogP contribution in [0.15, 0.2) is 9.95 Å². The van der Waals surface area contributed by atoms with Gasteiger partial charge in [-0.25, -0.2) is 0 Å². The Morgan fingerprint density at radius 2 is 2.13 bits per heavy atom. The largest absolute Gasteiger partial charge is 0.461 e. The molecule has 23 heavy (non-hydrogen) atoms. The Kier molecular flexibility index (Phi) is 4.02. The molecule has 2 aliphatic carbocycles. The fraction of sp³-hybridized carbons (Fsp3) is 0.750. The van der Waals surface area contributed by atoms with E-state index in [0.717, 1.165) is 24.6 Å². The van der Waals surface area contributed by atoms with Crippen LogP contribution in [0, 0.1) is 23.7 Å². The van der Waals surface area contributed by atoms with Crippen LogP contribution in [0.1, 0.15) is 45.7 Å². The number of fused-ring (bicyclic) bond motifs is 2. The number of esters is 1. The first kappa shape index (κ1) is 16.5. The van der Waals surface area contributed by atoms with Crippen molar-refractivity contribution in [3.63, 3.8) is 0 Å². The SMILES string of the molecule is Cc1nnc(SCC(=O)O[C@H]2C[C@H]3CC[C@]2(C)C3(C)C)[nH]c1=O. The summed E-state index contributed by atoms with van der Waals surface area (Å²) < 4.78 is 5.76. The molecular formula is C16H23N3O3S. The minimum atomic E-state index is -0.279. The van der Waals surface area contributed by atoms with Crippen molar-refractivity contribution in [2.75, 3.05) is 5.75 Å². The Hall–Kier alpha value is -1.37. The summed E-state index contributed by atoms with van der Waals surface area (Å²) >= 11 is 1.15. The molecule has 1 heterocycles. The van der Waals surface area contributed by atoms with Crippen molar-refractivity contribution in [1.82, 2.24) is 15.2 Å². The van der Waals surface area contributed by atoms with Gasteiger partial charge in [-0.15, -0.1) is 10.2 Å². The molecule has 1 N–H and O–H groups in total. The maximum atomic E-state index is 12.2. The van der Waals surface area contributed by atoms with Gasteiger partial charge in [0.25, 0.3) is 5.56 Å². The van der Waals surface area contributed by atoms with E-state index in [0.29, 0.717) is 16.8 Å². The summed E-state index contributed by atoms with van der Waals surface area (Å²) in [6.07, 6.45) is 3.30. The van der Waals surface area contributed by atoms with E-state index in [1.165, 1.54) is 6.42 Å². The van der Waals surface area contributed by atoms with Crippen LogP contribution in [0.4, 0.5) is 0 Å². The predicted molar refractivity (Wildman–Crippen MR) is 87.2 cm³/mol. The number of hydrogen-bond acceptors (Lipinski definition) is 6. The molecule has 0 spiro atoms. The number of aromatic amines is 1. The quantitative estimate of drug-likeness (QED) is 0.670. The molecule has 1 aromatic rings. The topological polar surface area (TPSA) is 84.9 Å². The Morgan fingerprint density at radius 3 is 2.70 bits per heavy atom. The first-order valence-electron chi connectivity index (χ1n) is 8.00. The fourth-order valence-electron chi connectivity index (χ4n) is 4.07. The van der Waals surface area contributed by atoms with E-state index in [4.69, 9.17) is 4.74 Å². The highest BCUT2D eigenvalue weighted by Gasteiger charge is 2.62. The van der Waals surface area contributed by atoms with E-state index in [1.807, 2.05) is 0 Å². The third-order valence-electron chi connectivity index (χ3n) is 6.15. The van der Waals surface area contributed by atoms with Gasteiger partial charge in [-0.2, -0.15) is 0 Å². The Morgan fingerprint density at radius 1 is 1.39 bits per heavy atom. The zero-order valence-electron chi connectivity index (χ0n) is 14.0. The lowest BCUT2D eigenvalue weighted by Crippen LogP contribution is -2.38. The van der Waals surface area contributed by atoms with Crippen LogP contribution >= 0.6 is 11.8 Å². The van der Waals surface area contributed by atoms with E-state index in [2.05, 4.69) is 36.0 Å². The smallest absolute Gasteiger partial charge is 0.316 e. The van der Waals surface area contributed by atoms with Crippen LogP contribution in [0.25, 0.3) is 0 Å². The molecule has 0 aliphatic heterocycles. The molecule has 0 aromatic carbocycles. The van der Waals surface area contributed by atoms with Gasteiger partial charge in [0.05, 0.1) is 5.75 Å². The number of nitrogens with zero attached hydrogens (tertiary/aromatic N) is 2. The van der Waals surface area contributed by atoms with E-state index in [1.54, 1.807) is 6.92 Å². The first-order chi connectivity index (χ1) is 10.7. The van der Waals surface area contributed by atoms with Gasteiger partial charge in [-0.3, -0.25) is 14.6 Å². The molecule has 2 aliphatic rings. The molecule has 2 saturated carbocycles. The fourth-order valence-corrected chi connectivity index (χ4v) is 4.66. The second-order valence-corrected chi connectivity index (χ2v) is 8.39. The van der Waals surface area contributed by atoms with Gasteiger partial charge >= 0.3 is 5.97 Å². The molecule has 3 atom stereocenters. The lowest BCUT2D eigenvalue weighted by Gasteiger charge is -2.38. The van der Waals surface area contributed by atoms with E-state index < -0.39 is 0 Å². The molecule has 1 aromatic heterocycles. The van der Waals surface area contributed by atoms with Gasteiger partial charge in [0.1, 0.15) is 11.8 Å². The minimum absolute atomic E-state index is 0.00694. The van der Waals surface area contributed by atoms with Gasteiger partial charge in [-0.05, 0) is 37.5 Å². The number of rotatable bonds is 4. The van der Waals surface area contributed by atoms with Crippen LogP contribution in [0.3, 0.4) is 0 Å². The molecule has 0 unspecified atom stereocenters. The van der Waals surface area contributed by atoms with E-state index in [9.17, 15) is 9.59 Å². The standard InChI is InChI=1S/C16H23N3O3S/c1-9-13(21)17-14(19-18-9)23-8-12(20)22-11-7-10-5-6-16(11,4)15(10,2)3/h10-11H,5-8H2,1-4H3,(H,17,19,21)/t10-,11+,16+/m1/s1. The molecular weight excluding hydrogens is 314 g/mol. The summed E-state index contributed by atoms with van der Waals surface area (Å²) in [7, 11) is 0. The van der Waals surface area contributed by atoms with Crippen LogP contribution < -0.4 is 5.56 Å². The van der Waals surface area contributed by atoms with Crippen molar-refractivity contribution in [1.29, 1.82) is 0 Å². The van der Waals surface area contributed by atoms with Crippen LogP contribution in [0.5, 0.6) is 0 Å². The zero-order valence-corrected chi connectivity index (χ0v) is 14.8. The summed E-state index contributed by atoms with van der Waals surface area (Å²) in [4.78, 5) is 26.2. The number of carbonyl (C=O) groups excluding carboxylic acids is 1. The third-order valence-corrected chi connectivity index (χ3v) is 6.99. The summed E-state index contributed by atoms with van der Waals surface area (Å²) in [5.74, 6) is 0.510. The summed E-state index contributed by atoms with van der Waals surface area (Å²) in [5.41, 5.74) is 0.321. The summed E-state index contributed by atoms with van der Waals surface area (Å²) in [5, 5.41) is 7.97. The maximum absolute atomic E-state index is 12.2. The number of ether oxygens (including phenoxy) is 1. The molecule has 0 amide bonds. The van der Waals surface area contributed by atoms with Crippen LogP contribution in [-0.2, 0) is 9.53 Å². The van der Waals surface area contributed by atoms with Crippen molar-refractivity contribution in [3.8, 4) is 0 Å². The number of aryl methyl sites for hydroxylation is 1. The predicted octanol–water partition coefficient (Wildman–Crippen LogP) is 2.32. The molecule has 0 saturated heterocycles. The summed E-state index contributed by atoms with van der Waals surface area (Å²) in [6, 6.07) is 0. The van der Waals surface area contributed by atoms with E-state index in [-0.39, 0.29) is 34.2 Å². The summed E-state index contributed by atoms with van der Waals surface area (Å²) in [6.45, 7) is 8.42. The minimum Gasteiger partial charge on any atom is -0.461 e. The number of carbonyl (C=O) groups is 1. The molecule has 6 nitrogen and oxygen atoms in total. The number of aromatic nitrogens is 3. The van der Waals surface area contributed by atoms with Gasteiger partial charge < -0.3 is 4.74 Å². The molecule has 126 valence electrons. The normalized spacial score (nSPS) is 31.3. The van der Waals surface area contributed by atoms with Gasteiger partial charge in [0.15, 0.2) is 5.16 Å². The van der Waals surface area contributed by atoms with Crippen LogP contribution in [0.2, 0.25) is 0 Å². The van der Waals surface area contributed by atoms with Crippen molar-refractivity contribution >= 4 is 17.7 Å². The van der Waals surface area contributed by atoms with E-state index >= 15 is 0 Å². The zero-order chi connectivity index (χ0) is 16.8. The van der Waals surface area contributed by atoms with Crippen molar-refractivity contribution < 1.29 is 9.53 Å². The Labute approximate surface area is 139 Å². The second kappa shape index (κ2) is 5.61. The molecule has 2 bridgehead atoms. The highest BCUT2D eigenvalue weighted by atomic mass is 32.2. The average Bonchev–Trinajstić information content (AvgIpc) is 2.82. The number of nitrogens with one attached hydrogen (secondary N) is 1. The lowest BCUT2D eigenvalue weighted by molar-refractivity contribution is -0.153. The molecule has 2 fully saturated rings. The maximum Gasteiger partial charge on any atom is 0.316 e. The Balaban J connectivity index is 1.58. The third kappa shape index (κ3) is 2.69. The Bertz CT molecular complexity index is 687. The van der Waals surface area contributed by atoms with Crippen molar-refractivity contribution in [2.45, 2.75) is 58.2 Å². The number of hydrogen-bond donors (Lipinski definition) is 1. The lowest BCUT2D eigenvalue weighted by atomic mass is 9.70.